The van der Waals surface area contributed by atoms with Gasteiger partial charge >= 0.3 is 0 Å². The summed E-state index contributed by atoms with van der Waals surface area (Å²) >= 11 is 6.24. The zero-order chi connectivity index (χ0) is 16.2. The van der Waals surface area contributed by atoms with Crippen molar-refractivity contribution in [1.29, 1.82) is 0 Å². The average Bonchev–Trinajstić information content (AvgIpc) is 2.58. The molecule has 0 bridgehead atoms. The number of halogens is 2. The second-order valence-corrected chi connectivity index (χ2v) is 5.92. The van der Waals surface area contributed by atoms with Crippen molar-refractivity contribution >= 4 is 29.7 Å². The molecule has 2 heterocycles. The molecule has 1 N–H and O–H groups in total. The minimum atomic E-state index is -0.393. The summed E-state index contributed by atoms with van der Waals surface area (Å²) in [4.78, 5) is 17.0. The highest BCUT2D eigenvalue weighted by Gasteiger charge is 2.25. The van der Waals surface area contributed by atoms with Crippen LogP contribution >= 0.6 is 24.0 Å². The first-order valence-corrected chi connectivity index (χ1v) is 7.80. The number of nitro groups is 1. The van der Waals surface area contributed by atoms with E-state index in [-0.39, 0.29) is 24.1 Å². The van der Waals surface area contributed by atoms with Gasteiger partial charge in [-0.3, -0.25) is 20.0 Å². The van der Waals surface area contributed by atoms with Gasteiger partial charge < -0.3 is 5.32 Å². The lowest BCUT2D eigenvalue weighted by Gasteiger charge is -2.36. The number of nitrogens with one attached hydrogen (secondary N) is 1. The molecule has 2 aromatic rings. The quantitative estimate of drug-likeness (QED) is 0.662. The van der Waals surface area contributed by atoms with E-state index in [1.54, 1.807) is 18.3 Å². The summed E-state index contributed by atoms with van der Waals surface area (Å²) in [6.07, 6.45) is 3.61. The van der Waals surface area contributed by atoms with Gasteiger partial charge in [-0.05, 0) is 23.3 Å². The minimum absolute atomic E-state index is 0. The first-order valence-electron chi connectivity index (χ1n) is 7.42. The molecule has 128 valence electrons. The molecule has 0 radical (unpaired) electrons. The van der Waals surface area contributed by atoms with Crippen LogP contribution in [0, 0.1) is 10.1 Å². The number of non-ortho nitro benzene ring substituents is 1. The maximum Gasteiger partial charge on any atom is 0.269 e. The highest BCUT2D eigenvalue weighted by Crippen LogP contribution is 2.28. The van der Waals surface area contributed by atoms with Crippen LogP contribution in [0.1, 0.15) is 17.2 Å². The van der Waals surface area contributed by atoms with E-state index in [0.717, 1.165) is 30.8 Å². The highest BCUT2D eigenvalue weighted by molar-refractivity contribution is 6.31. The molecule has 1 unspecified atom stereocenters. The summed E-state index contributed by atoms with van der Waals surface area (Å²) in [6, 6.07) is 8.73. The predicted molar refractivity (Wildman–Crippen MR) is 95.6 cm³/mol. The third kappa shape index (κ3) is 4.21. The van der Waals surface area contributed by atoms with Crippen molar-refractivity contribution in [2.24, 2.45) is 0 Å². The van der Waals surface area contributed by atoms with Gasteiger partial charge in [-0.2, -0.15) is 0 Å². The maximum absolute atomic E-state index is 11.0. The molecule has 1 aliphatic heterocycles. The second kappa shape index (κ2) is 8.39. The molecule has 1 aliphatic rings. The summed E-state index contributed by atoms with van der Waals surface area (Å²) in [7, 11) is 0. The van der Waals surface area contributed by atoms with Gasteiger partial charge in [0.1, 0.15) is 0 Å². The molecule has 0 spiro atoms. The second-order valence-electron chi connectivity index (χ2n) is 5.51. The van der Waals surface area contributed by atoms with Crippen LogP contribution in [0.2, 0.25) is 5.02 Å². The van der Waals surface area contributed by atoms with Crippen LogP contribution in [0.25, 0.3) is 0 Å². The zero-order valence-corrected chi connectivity index (χ0v) is 14.5. The molecule has 3 rings (SSSR count). The molecular formula is C16H18Cl2N4O2. The lowest BCUT2D eigenvalue weighted by Crippen LogP contribution is -2.45. The molecule has 0 saturated carbocycles. The number of rotatable bonds is 4. The summed E-state index contributed by atoms with van der Waals surface area (Å²) < 4.78 is 0. The minimum Gasteiger partial charge on any atom is -0.314 e. The number of benzene rings is 1. The Balaban J connectivity index is 0.00000208. The fourth-order valence-corrected chi connectivity index (χ4v) is 3.03. The summed E-state index contributed by atoms with van der Waals surface area (Å²) in [6.45, 7) is 3.11. The molecule has 6 nitrogen and oxygen atoms in total. The number of aromatic nitrogens is 1. The smallest absolute Gasteiger partial charge is 0.269 e. The van der Waals surface area contributed by atoms with E-state index in [0.29, 0.717) is 11.6 Å². The van der Waals surface area contributed by atoms with Gasteiger partial charge in [-0.25, -0.2) is 0 Å². The molecule has 0 amide bonds. The number of pyridine rings is 1. The van der Waals surface area contributed by atoms with E-state index < -0.39 is 4.92 Å². The van der Waals surface area contributed by atoms with Gasteiger partial charge in [0.05, 0.1) is 4.92 Å². The Labute approximate surface area is 151 Å². The molecule has 1 fully saturated rings. The summed E-state index contributed by atoms with van der Waals surface area (Å²) in [5.41, 5.74) is 1.97. The fourth-order valence-electron chi connectivity index (χ4n) is 2.85. The van der Waals surface area contributed by atoms with Crippen LogP contribution in [0.4, 0.5) is 5.69 Å². The standard InChI is InChI=1S/C16H17ClN4O2.ClH/c17-15-4-3-14(21(22)23)8-13(15)11-20-7-6-19-10-16(20)12-2-1-5-18-9-12;/h1-5,8-9,16,19H,6-7,10-11H2;1H. The maximum atomic E-state index is 11.0. The van der Waals surface area contributed by atoms with Gasteiger partial charge in [0, 0.05) is 61.8 Å². The molecule has 24 heavy (non-hydrogen) atoms. The Kier molecular flexibility index (Phi) is 6.51. The number of hydrogen-bond acceptors (Lipinski definition) is 5. The van der Waals surface area contributed by atoms with Crippen molar-refractivity contribution in [1.82, 2.24) is 15.2 Å². The van der Waals surface area contributed by atoms with Gasteiger partial charge in [0.25, 0.3) is 5.69 Å². The van der Waals surface area contributed by atoms with E-state index in [9.17, 15) is 10.1 Å². The predicted octanol–water partition coefficient (Wildman–Crippen LogP) is 3.21. The normalized spacial score (nSPS) is 18.0. The van der Waals surface area contributed by atoms with Crippen molar-refractivity contribution in [3.63, 3.8) is 0 Å². The molecule has 0 aliphatic carbocycles. The Morgan fingerprint density at radius 1 is 1.42 bits per heavy atom. The van der Waals surface area contributed by atoms with Crippen molar-refractivity contribution in [2.75, 3.05) is 19.6 Å². The van der Waals surface area contributed by atoms with Gasteiger partial charge in [0.15, 0.2) is 0 Å². The van der Waals surface area contributed by atoms with Crippen molar-refractivity contribution in [2.45, 2.75) is 12.6 Å². The largest absolute Gasteiger partial charge is 0.314 e. The zero-order valence-electron chi connectivity index (χ0n) is 12.9. The van der Waals surface area contributed by atoms with E-state index in [4.69, 9.17) is 11.6 Å². The van der Waals surface area contributed by atoms with Crippen LogP contribution in [-0.4, -0.2) is 34.4 Å². The first-order chi connectivity index (χ1) is 11.1. The van der Waals surface area contributed by atoms with Crippen LogP contribution in [-0.2, 0) is 6.54 Å². The van der Waals surface area contributed by atoms with Gasteiger partial charge in [-0.15, -0.1) is 12.4 Å². The molecule has 8 heteroatoms. The molecule has 1 aromatic carbocycles. The summed E-state index contributed by atoms with van der Waals surface area (Å²) in [5.74, 6) is 0. The third-order valence-corrected chi connectivity index (χ3v) is 4.41. The van der Waals surface area contributed by atoms with E-state index in [2.05, 4.69) is 15.2 Å². The third-order valence-electron chi connectivity index (χ3n) is 4.04. The Morgan fingerprint density at radius 2 is 2.25 bits per heavy atom. The van der Waals surface area contributed by atoms with Gasteiger partial charge in [-0.1, -0.05) is 17.7 Å². The first kappa shape index (κ1) is 18.6. The lowest BCUT2D eigenvalue weighted by molar-refractivity contribution is -0.384. The molecular weight excluding hydrogens is 351 g/mol. The van der Waals surface area contributed by atoms with Crippen molar-refractivity contribution in [3.05, 3.63) is 69.0 Å². The van der Waals surface area contributed by atoms with Gasteiger partial charge in [0.2, 0.25) is 0 Å². The number of hydrogen-bond donors (Lipinski definition) is 1. The van der Waals surface area contributed by atoms with Crippen molar-refractivity contribution in [3.8, 4) is 0 Å². The average molecular weight is 369 g/mol. The molecule has 1 aromatic heterocycles. The Bertz CT molecular complexity index is 700. The lowest BCUT2D eigenvalue weighted by atomic mass is 10.0. The fraction of sp³-hybridized carbons (Fsp3) is 0.312. The van der Waals surface area contributed by atoms with E-state index in [1.807, 2.05) is 18.3 Å². The van der Waals surface area contributed by atoms with Crippen LogP contribution < -0.4 is 5.32 Å². The van der Waals surface area contributed by atoms with Crippen LogP contribution in [0.3, 0.4) is 0 Å². The SMILES string of the molecule is Cl.O=[N+]([O-])c1ccc(Cl)c(CN2CCNCC2c2cccnc2)c1. The van der Waals surface area contributed by atoms with Crippen LogP contribution in [0.5, 0.6) is 0 Å². The van der Waals surface area contributed by atoms with Crippen molar-refractivity contribution < 1.29 is 4.92 Å². The molecule has 1 atom stereocenters. The Morgan fingerprint density at radius 3 is 2.96 bits per heavy atom. The van der Waals surface area contributed by atoms with E-state index >= 15 is 0 Å². The summed E-state index contributed by atoms with van der Waals surface area (Å²) in [5, 5.41) is 14.9. The monoisotopic (exact) mass is 368 g/mol. The Hall–Kier alpha value is -1.73. The number of piperazine rings is 1. The van der Waals surface area contributed by atoms with Crippen LogP contribution in [0.15, 0.2) is 42.7 Å². The number of nitro benzene ring substituents is 1. The number of nitrogens with zero attached hydrogens (tertiary/aromatic N) is 3. The highest BCUT2D eigenvalue weighted by atomic mass is 35.5. The molecule has 1 saturated heterocycles. The topological polar surface area (TPSA) is 71.3 Å². The van der Waals surface area contributed by atoms with E-state index in [1.165, 1.54) is 6.07 Å².